The number of fused-ring (bicyclic) bond motifs is 1. The summed E-state index contributed by atoms with van der Waals surface area (Å²) in [5.74, 6) is -0.236. The summed E-state index contributed by atoms with van der Waals surface area (Å²) in [6.45, 7) is 6.19. The zero-order valence-electron chi connectivity index (χ0n) is 13.9. The first kappa shape index (κ1) is 18.8. The molecule has 2 rings (SSSR count). The van der Waals surface area contributed by atoms with E-state index in [0.717, 1.165) is 4.47 Å². The fourth-order valence-corrected chi connectivity index (χ4v) is 3.32. The summed E-state index contributed by atoms with van der Waals surface area (Å²) in [6.07, 6.45) is -0.608. The molecule has 0 aromatic heterocycles. The van der Waals surface area contributed by atoms with E-state index in [2.05, 4.69) is 15.9 Å². The summed E-state index contributed by atoms with van der Waals surface area (Å²) >= 11 is 3.37. The predicted molar refractivity (Wildman–Crippen MR) is 91.4 cm³/mol. The van der Waals surface area contributed by atoms with Crippen molar-refractivity contribution in [3.8, 4) is 0 Å². The number of amides is 1. The Balaban J connectivity index is 2.38. The highest BCUT2D eigenvalue weighted by Crippen LogP contribution is 2.38. The van der Waals surface area contributed by atoms with Crippen LogP contribution in [0.15, 0.2) is 22.7 Å². The van der Waals surface area contributed by atoms with E-state index in [1.807, 2.05) is 13.8 Å². The fourth-order valence-electron chi connectivity index (χ4n) is 2.94. The van der Waals surface area contributed by atoms with Crippen molar-refractivity contribution in [1.29, 1.82) is 0 Å². The van der Waals surface area contributed by atoms with Crippen LogP contribution in [0.25, 0.3) is 0 Å². The Morgan fingerprint density at radius 3 is 2.50 bits per heavy atom. The lowest BCUT2D eigenvalue weighted by Crippen LogP contribution is -2.43. The highest BCUT2D eigenvalue weighted by Gasteiger charge is 2.45. The van der Waals surface area contributed by atoms with Gasteiger partial charge < -0.3 is 14.4 Å². The van der Waals surface area contributed by atoms with Crippen LogP contribution >= 0.6 is 15.9 Å². The highest BCUT2D eigenvalue weighted by molar-refractivity contribution is 9.10. The van der Waals surface area contributed by atoms with E-state index in [9.17, 15) is 14.9 Å². The monoisotopic (exact) mass is 400 g/mol. The van der Waals surface area contributed by atoms with Crippen LogP contribution in [0.5, 0.6) is 0 Å². The molecule has 1 aromatic carbocycles. The van der Waals surface area contributed by atoms with Gasteiger partial charge in [0.15, 0.2) is 6.29 Å². The van der Waals surface area contributed by atoms with Crippen LogP contribution in [0.3, 0.4) is 0 Å². The topological polar surface area (TPSA) is 81.9 Å². The van der Waals surface area contributed by atoms with Gasteiger partial charge in [-0.1, -0.05) is 15.9 Å². The van der Waals surface area contributed by atoms with E-state index < -0.39 is 18.4 Å². The molecule has 24 heavy (non-hydrogen) atoms. The maximum atomic E-state index is 12.8. The van der Waals surface area contributed by atoms with Crippen molar-refractivity contribution in [2.45, 2.75) is 39.1 Å². The molecule has 1 aliphatic rings. The Labute approximate surface area is 149 Å². The van der Waals surface area contributed by atoms with Crippen LogP contribution in [0.2, 0.25) is 0 Å². The molecular formula is C16H21BrN2O5. The number of halogens is 1. The number of ether oxygens (including phenoxy) is 2. The van der Waals surface area contributed by atoms with E-state index >= 15 is 0 Å². The minimum atomic E-state index is -0.937. The molecule has 0 aliphatic carbocycles. The molecule has 0 spiro atoms. The SMILES string of the molecule is CCOC(CN1C(=O)c2ccc(Br)cc2C1C(C)[N+](=O)[O-])OCC. The zero-order chi connectivity index (χ0) is 17.9. The Morgan fingerprint density at radius 2 is 1.96 bits per heavy atom. The number of carbonyl (C=O) groups is 1. The van der Waals surface area contributed by atoms with Crippen LogP contribution in [-0.4, -0.2) is 47.8 Å². The first-order valence-corrected chi connectivity index (χ1v) is 8.67. The minimum Gasteiger partial charge on any atom is -0.351 e. The molecule has 0 saturated carbocycles. The molecule has 0 bridgehead atoms. The standard InChI is InChI=1S/C16H21BrN2O5/c1-4-23-14(24-5-2)9-18-15(10(3)19(21)22)13-8-11(17)6-7-12(13)16(18)20/h6-8,10,14-15H,4-5,9H2,1-3H3. The summed E-state index contributed by atoms with van der Waals surface area (Å²) in [5, 5.41) is 11.4. The second-order valence-electron chi connectivity index (χ2n) is 5.50. The summed E-state index contributed by atoms with van der Waals surface area (Å²) < 4.78 is 11.8. The van der Waals surface area contributed by atoms with Crippen molar-refractivity contribution in [2.24, 2.45) is 0 Å². The second kappa shape index (κ2) is 8.04. The number of benzene rings is 1. The molecule has 2 atom stereocenters. The zero-order valence-corrected chi connectivity index (χ0v) is 15.5. The molecular weight excluding hydrogens is 380 g/mol. The Kier molecular flexibility index (Phi) is 6.31. The van der Waals surface area contributed by atoms with Crippen LogP contribution in [0.1, 0.15) is 42.7 Å². The average Bonchev–Trinajstić information content (AvgIpc) is 2.79. The second-order valence-corrected chi connectivity index (χ2v) is 6.42. The van der Waals surface area contributed by atoms with Gasteiger partial charge in [0.1, 0.15) is 6.04 Å². The molecule has 0 fully saturated rings. The van der Waals surface area contributed by atoms with Gasteiger partial charge in [-0.3, -0.25) is 14.9 Å². The number of nitro groups is 1. The van der Waals surface area contributed by atoms with E-state index in [1.54, 1.807) is 18.2 Å². The summed E-state index contributed by atoms with van der Waals surface area (Å²) in [7, 11) is 0. The summed E-state index contributed by atoms with van der Waals surface area (Å²) in [6, 6.07) is 3.64. The molecule has 1 aromatic rings. The molecule has 8 heteroatoms. The molecule has 1 amide bonds. The van der Waals surface area contributed by atoms with E-state index in [-0.39, 0.29) is 17.4 Å². The normalized spacial score (nSPS) is 18.1. The fraction of sp³-hybridized carbons (Fsp3) is 0.562. The van der Waals surface area contributed by atoms with E-state index in [1.165, 1.54) is 11.8 Å². The number of rotatable bonds is 8. The van der Waals surface area contributed by atoms with Crippen LogP contribution in [0, 0.1) is 10.1 Å². The third-order valence-electron chi connectivity index (χ3n) is 4.00. The van der Waals surface area contributed by atoms with Gasteiger partial charge in [-0.25, -0.2) is 0 Å². The average molecular weight is 401 g/mol. The molecule has 7 nitrogen and oxygen atoms in total. The Hall–Kier alpha value is -1.51. The van der Waals surface area contributed by atoms with Crippen LogP contribution < -0.4 is 0 Å². The first-order chi connectivity index (χ1) is 11.4. The van der Waals surface area contributed by atoms with Gasteiger partial charge in [-0.15, -0.1) is 0 Å². The van der Waals surface area contributed by atoms with Gasteiger partial charge in [0.2, 0.25) is 6.04 Å². The summed E-state index contributed by atoms with van der Waals surface area (Å²) in [4.78, 5) is 25.3. The first-order valence-electron chi connectivity index (χ1n) is 7.87. The molecule has 0 saturated heterocycles. The van der Waals surface area contributed by atoms with Gasteiger partial charge in [0, 0.05) is 35.1 Å². The van der Waals surface area contributed by atoms with Crippen molar-refractivity contribution in [1.82, 2.24) is 4.90 Å². The van der Waals surface area contributed by atoms with E-state index in [0.29, 0.717) is 24.3 Å². The largest absolute Gasteiger partial charge is 0.351 e. The highest BCUT2D eigenvalue weighted by atomic mass is 79.9. The van der Waals surface area contributed by atoms with Crippen molar-refractivity contribution in [3.05, 3.63) is 43.9 Å². The maximum absolute atomic E-state index is 12.8. The van der Waals surface area contributed by atoms with Crippen molar-refractivity contribution >= 4 is 21.8 Å². The molecule has 1 aliphatic heterocycles. The summed E-state index contributed by atoms with van der Waals surface area (Å²) in [5.41, 5.74) is 1.15. The minimum absolute atomic E-state index is 0.148. The maximum Gasteiger partial charge on any atom is 0.255 e. The van der Waals surface area contributed by atoms with Crippen molar-refractivity contribution in [3.63, 3.8) is 0 Å². The van der Waals surface area contributed by atoms with Crippen LogP contribution in [-0.2, 0) is 9.47 Å². The molecule has 132 valence electrons. The van der Waals surface area contributed by atoms with Gasteiger partial charge in [0.05, 0.1) is 6.54 Å². The third-order valence-corrected chi connectivity index (χ3v) is 4.49. The molecule has 0 radical (unpaired) electrons. The van der Waals surface area contributed by atoms with Gasteiger partial charge in [-0.2, -0.15) is 0 Å². The van der Waals surface area contributed by atoms with E-state index in [4.69, 9.17) is 9.47 Å². The van der Waals surface area contributed by atoms with Crippen molar-refractivity contribution < 1.29 is 19.2 Å². The molecule has 1 heterocycles. The smallest absolute Gasteiger partial charge is 0.255 e. The van der Waals surface area contributed by atoms with Crippen LogP contribution in [0.4, 0.5) is 0 Å². The van der Waals surface area contributed by atoms with Gasteiger partial charge in [-0.05, 0) is 37.6 Å². The molecule has 0 N–H and O–H groups in total. The lowest BCUT2D eigenvalue weighted by molar-refractivity contribution is -0.526. The quantitative estimate of drug-likeness (QED) is 0.380. The number of carbonyl (C=O) groups excluding carboxylic acids is 1. The number of hydrogen-bond acceptors (Lipinski definition) is 5. The Morgan fingerprint density at radius 1 is 1.33 bits per heavy atom. The van der Waals surface area contributed by atoms with Crippen molar-refractivity contribution in [2.75, 3.05) is 19.8 Å². The number of nitrogens with zero attached hydrogens (tertiary/aromatic N) is 2. The third kappa shape index (κ3) is 3.76. The lowest BCUT2D eigenvalue weighted by atomic mass is 10.00. The lowest BCUT2D eigenvalue weighted by Gasteiger charge is -2.29. The predicted octanol–water partition coefficient (Wildman–Crippen LogP) is 3.01. The Bertz CT molecular complexity index is 618. The number of hydrogen-bond donors (Lipinski definition) is 0. The van der Waals surface area contributed by atoms with Gasteiger partial charge >= 0.3 is 0 Å². The molecule has 2 unspecified atom stereocenters. The van der Waals surface area contributed by atoms with Gasteiger partial charge in [0.25, 0.3) is 5.91 Å².